The van der Waals surface area contributed by atoms with Gasteiger partial charge in [-0.2, -0.15) is 0 Å². The third-order valence-corrected chi connectivity index (χ3v) is 3.26. The Morgan fingerprint density at radius 3 is 2.69 bits per heavy atom. The van der Waals surface area contributed by atoms with Crippen molar-refractivity contribution in [2.24, 2.45) is 0 Å². The Labute approximate surface area is 84.7 Å². The van der Waals surface area contributed by atoms with Gasteiger partial charge in [-0.15, -0.1) is 11.3 Å². The van der Waals surface area contributed by atoms with E-state index in [1.54, 1.807) is 7.11 Å². The maximum Gasteiger partial charge on any atom is 0.132 e. The van der Waals surface area contributed by atoms with Gasteiger partial charge in [0, 0.05) is 9.75 Å². The van der Waals surface area contributed by atoms with Gasteiger partial charge in [-0.1, -0.05) is 19.8 Å². The Balaban J connectivity index is 2.48. The van der Waals surface area contributed by atoms with Crippen molar-refractivity contribution in [3.8, 4) is 5.75 Å². The van der Waals surface area contributed by atoms with Crippen molar-refractivity contribution in [1.82, 2.24) is 0 Å². The quantitative estimate of drug-likeness (QED) is 0.654. The summed E-state index contributed by atoms with van der Waals surface area (Å²) in [6.45, 7) is 4.35. The Morgan fingerprint density at radius 2 is 2.15 bits per heavy atom. The summed E-state index contributed by atoms with van der Waals surface area (Å²) in [4.78, 5) is 2.76. The standard InChI is InChI=1S/C11H18OS/c1-4-5-6-7-10-8-11(12-3)9(2)13-10/h8H,4-7H2,1-3H3. The predicted molar refractivity (Wildman–Crippen MR) is 58.8 cm³/mol. The fraction of sp³-hybridized carbons (Fsp3) is 0.636. The second-order valence-electron chi connectivity index (χ2n) is 3.29. The first-order valence-corrected chi connectivity index (χ1v) is 5.73. The van der Waals surface area contributed by atoms with Gasteiger partial charge in [0.2, 0.25) is 0 Å². The van der Waals surface area contributed by atoms with E-state index in [2.05, 4.69) is 19.9 Å². The number of hydrogen-bond acceptors (Lipinski definition) is 2. The zero-order chi connectivity index (χ0) is 9.68. The molecule has 0 spiro atoms. The van der Waals surface area contributed by atoms with Crippen LogP contribution in [0.1, 0.15) is 35.9 Å². The lowest BCUT2D eigenvalue weighted by Crippen LogP contribution is -1.81. The van der Waals surface area contributed by atoms with Crippen LogP contribution in [0.25, 0.3) is 0 Å². The predicted octanol–water partition coefficient (Wildman–Crippen LogP) is 3.80. The highest BCUT2D eigenvalue weighted by Crippen LogP contribution is 2.29. The Kier molecular flexibility index (Phi) is 4.29. The average Bonchev–Trinajstić information content (AvgIpc) is 2.47. The van der Waals surface area contributed by atoms with Gasteiger partial charge in [-0.25, -0.2) is 0 Å². The Bertz CT molecular complexity index is 253. The van der Waals surface area contributed by atoms with Crippen LogP contribution in [0.3, 0.4) is 0 Å². The lowest BCUT2D eigenvalue weighted by atomic mass is 10.2. The molecule has 0 bridgehead atoms. The fourth-order valence-electron chi connectivity index (χ4n) is 1.40. The first kappa shape index (κ1) is 10.6. The molecule has 0 N–H and O–H groups in total. The lowest BCUT2D eigenvalue weighted by molar-refractivity contribution is 0.414. The molecule has 1 heterocycles. The number of methoxy groups -OCH3 is 1. The van der Waals surface area contributed by atoms with E-state index in [1.807, 2.05) is 11.3 Å². The summed E-state index contributed by atoms with van der Waals surface area (Å²) in [5, 5.41) is 0. The van der Waals surface area contributed by atoms with Gasteiger partial charge >= 0.3 is 0 Å². The molecule has 0 amide bonds. The van der Waals surface area contributed by atoms with Crippen molar-refractivity contribution in [3.05, 3.63) is 15.8 Å². The van der Waals surface area contributed by atoms with E-state index in [1.165, 1.54) is 35.4 Å². The minimum absolute atomic E-state index is 1.05. The molecular formula is C11H18OS. The summed E-state index contributed by atoms with van der Waals surface area (Å²) in [5.41, 5.74) is 0. The van der Waals surface area contributed by atoms with Crippen LogP contribution in [0.2, 0.25) is 0 Å². The average molecular weight is 198 g/mol. The zero-order valence-electron chi connectivity index (χ0n) is 8.72. The van der Waals surface area contributed by atoms with Gasteiger partial charge in [0.1, 0.15) is 5.75 Å². The van der Waals surface area contributed by atoms with Gasteiger partial charge in [0.15, 0.2) is 0 Å². The van der Waals surface area contributed by atoms with Crippen molar-refractivity contribution in [2.45, 2.75) is 39.5 Å². The second kappa shape index (κ2) is 5.28. The SMILES string of the molecule is CCCCCc1cc(OC)c(C)s1. The molecule has 0 radical (unpaired) electrons. The minimum atomic E-state index is 1.05. The number of hydrogen-bond donors (Lipinski definition) is 0. The molecular weight excluding hydrogens is 180 g/mol. The van der Waals surface area contributed by atoms with Gasteiger partial charge in [-0.3, -0.25) is 0 Å². The maximum atomic E-state index is 5.24. The molecule has 1 nitrogen and oxygen atoms in total. The summed E-state index contributed by atoms with van der Waals surface area (Å²) in [6, 6.07) is 2.18. The highest BCUT2D eigenvalue weighted by molar-refractivity contribution is 7.12. The summed E-state index contributed by atoms with van der Waals surface area (Å²) in [6.07, 6.45) is 5.14. The van der Waals surface area contributed by atoms with Crippen LogP contribution in [-0.4, -0.2) is 7.11 Å². The summed E-state index contributed by atoms with van der Waals surface area (Å²) >= 11 is 1.86. The van der Waals surface area contributed by atoms with Gasteiger partial charge in [0.05, 0.1) is 7.11 Å². The van der Waals surface area contributed by atoms with E-state index < -0.39 is 0 Å². The van der Waals surface area contributed by atoms with Crippen molar-refractivity contribution < 1.29 is 4.74 Å². The monoisotopic (exact) mass is 198 g/mol. The third kappa shape index (κ3) is 3.03. The molecule has 0 aliphatic rings. The van der Waals surface area contributed by atoms with E-state index in [0.717, 1.165) is 5.75 Å². The largest absolute Gasteiger partial charge is 0.496 e. The van der Waals surface area contributed by atoms with E-state index in [-0.39, 0.29) is 0 Å². The highest BCUT2D eigenvalue weighted by Gasteiger charge is 2.04. The maximum absolute atomic E-state index is 5.24. The molecule has 74 valence electrons. The molecule has 0 aliphatic heterocycles. The van der Waals surface area contributed by atoms with Crippen LogP contribution in [0.4, 0.5) is 0 Å². The molecule has 0 saturated heterocycles. The van der Waals surface area contributed by atoms with Crippen LogP contribution >= 0.6 is 11.3 Å². The smallest absolute Gasteiger partial charge is 0.132 e. The van der Waals surface area contributed by atoms with Crippen molar-refractivity contribution >= 4 is 11.3 Å². The van der Waals surface area contributed by atoms with Crippen molar-refractivity contribution in [1.29, 1.82) is 0 Å². The molecule has 0 atom stereocenters. The Morgan fingerprint density at radius 1 is 1.38 bits per heavy atom. The molecule has 0 fully saturated rings. The minimum Gasteiger partial charge on any atom is -0.496 e. The highest BCUT2D eigenvalue weighted by atomic mass is 32.1. The molecule has 13 heavy (non-hydrogen) atoms. The van der Waals surface area contributed by atoms with Gasteiger partial charge in [0.25, 0.3) is 0 Å². The molecule has 1 aromatic rings. The zero-order valence-corrected chi connectivity index (χ0v) is 9.54. The number of aryl methyl sites for hydroxylation is 2. The lowest BCUT2D eigenvalue weighted by Gasteiger charge is -1.94. The first-order chi connectivity index (χ1) is 6.27. The molecule has 1 aromatic heterocycles. The molecule has 1 rings (SSSR count). The van der Waals surface area contributed by atoms with Crippen LogP contribution in [0.5, 0.6) is 5.75 Å². The summed E-state index contributed by atoms with van der Waals surface area (Å²) < 4.78 is 5.24. The van der Waals surface area contributed by atoms with E-state index >= 15 is 0 Å². The summed E-state index contributed by atoms with van der Waals surface area (Å²) in [7, 11) is 1.74. The number of rotatable bonds is 5. The summed E-state index contributed by atoms with van der Waals surface area (Å²) in [5.74, 6) is 1.05. The molecule has 0 aliphatic carbocycles. The third-order valence-electron chi connectivity index (χ3n) is 2.17. The van der Waals surface area contributed by atoms with Crippen LogP contribution < -0.4 is 4.74 Å². The van der Waals surface area contributed by atoms with E-state index in [0.29, 0.717) is 0 Å². The van der Waals surface area contributed by atoms with Crippen molar-refractivity contribution in [2.75, 3.05) is 7.11 Å². The van der Waals surface area contributed by atoms with Crippen LogP contribution in [0, 0.1) is 6.92 Å². The molecule has 2 heteroatoms. The number of unbranched alkanes of at least 4 members (excludes halogenated alkanes) is 2. The molecule has 0 unspecified atom stereocenters. The van der Waals surface area contributed by atoms with E-state index in [9.17, 15) is 0 Å². The van der Waals surface area contributed by atoms with Crippen LogP contribution in [0.15, 0.2) is 6.07 Å². The first-order valence-electron chi connectivity index (χ1n) is 4.91. The van der Waals surface area contributed by atoms with Gasteiger partial charge in [-0.05, 0) is 25.8 Å². The fourth-order valence-corrected chi connectivity index (χ4v) is 2.45. The Hall–Kier alpha value is -0.500. The molecule has 0 saturated carbocycles. The number of thiophene rings is 1. The molecule has 0 aromatic carbocycles. The van der Waals surface area contributed by atoms with Gasteiger partial charge < -0.3 is 4.74 Å². The van der Waals surface area contributed by atoms with Crippen molar-refractivity contribution in [3.63, 3.8) is 0 Å². The normalized spacial score (nSPS) is 10.4. The topological polar surface area (TPSA) is 9.23 Å². The number of ether oxygens (including phenoxy) is 1. The van der Waals surface area contributed by atoms with Crippen LogP contribution in [-0.2, 0) is 6.42 Å². The van der Waals surface area contributed by atoms with E-state index in [4.69, 9.17) is 4.74 Å². The second-order valence-corrected chi connectivity index (χ2v) is 4.64.